The first kappa shape index (κ1) is 31.1. The Morgan fingerprint density at radius 3 is 2.64 bits per heavy atom. The minimum atomic E-state index is -4.79. The number of hydrogen-bond donors (Lipinski definition) is 6. The summed E-state index contributed by atoms with van der Waals surface area (Å²) in [5, 5.41) is 0.0625. The Morgan fingerprint density at radius 1 is 1.09 bits per heavy atom. The van der Waals surface area contributed by atoms with Gasteiger partial charge in [0.05, 0.1) is 37.1 Å². The number of aromatic amines is 1. The number of aromatic nitrogens is 7. The van der Waals surface area contributed by atoms with Crippen LogP contribution < -0.4 is 17.0 Å². The Balaban J connectivity index is 1.15. The van der Waals surface area contributed by atoms with Gasteiger partial charge in [-0.25, -0.2) is 23.9 Å². The lowest BCUT2D eigenvalue weighted by atomic mass is 10.2. The fourth-order valence-corrected chi connectivity index (χ4v) is 6.64. The summed E-state index contributed by atoms with van der Waals surface area (Å²) in [6, 6.07) is 0. The number of hydrogen-bond acceptors (Lipinski definition) is 14. The van der Waals surface area contributed by atoms with E-state index in [0.29, 0.717) is 12.8 Å². The number of nitrogens with zero attached hydrogens (tertiary/aromatic N) is 6. The van der Waals surface area contributed by atoms with Crippen LogP contribution in [0.15, 0.2) is 23.6 Å². The number of nitrogens with two attached hydrogens (primary N) is 2. The summed E-state index contributed by atoms with van der Waals surface area (Å²) < 4.78 is 57.8. The van der Waals surface area contributed by atoms with E-state index in [9.17, 15) is 28.4 Å². The molecule has 8 N–H and O–H groups in total. The van der Waals surface area contributed by atoms with E-state index in [4.69, 9.17) is 34.5 Å². The van der Waals surface area contributed by atoms with Crippen molar-refractivity contribution in [3.05, 3.63) is 35.0 Å². The quantitative estimate of drug-likeness (QED) is 0.125. The van der Waals surface area contributed by atoms with Crippen LogP contribution >= 0.6 is 14.5 Å². The first-order valence-electron chi connectivity index (χ1n) is 12.9. The molecule has 23 heteroatoms. The molecule has 0 spiro atoms. The molecule has 0 bridgehead atoms. The molecule has 44 heavy (non-hydrogen) atoms. The van der Waals surface area contributed by atoms with Gasteiger partial charge < -0.3 is 44.7 Å². The monoisotopic (exact) mass is 677 g/mol. The number of rotatable bonds is 10. The van der Waals surface area contributed by atoms with Crippen molar-refractivity contribution in [3.8, 4) is 0 Å². The van der Waals surface area contributed by atoms with E-state index in [1.165, 1.54) is 28.0 Å². The first-order valence-corrected chi connectivity index (χ1v) is 17.1. The highest BCUT2D eigenvalue weighted by molar-refractivity contribution is 8.06. The summed E-state index contributed by atoms with van der Waals surface area (Å²) >= 11 is 4.48. The third-order valence-corrected chi connectivity index (χ3v) is 8.79. The summed E-state index contributed by atoms with van der Waals surface area (Å²) in [5.74, 6) is -0.838. The predicted octanol–water partition coefficient (Wildman–Crippen LogP) is 0.561. The Labute approximate surface area is 250 Å². The number of phosphoric ester groups is 1. The minimum absolute atomic E-state index is 0.000869. The third kappa shape index (κ3) is 6.40. The van der Waals surface area contributed by atoms with Crippen molar-refractivity contribution in [1.82, 2.24) is 34.1 Å². The highest BCUT2D eigenvalue weighted by Gasteiger charge is 2.44. The zero-order valence-electron chi connectivity index (χ0n) is 22.4. The maximum atomic E-state index is 14.5. The minimum Gasteiger partial charge on any atom is -0.383 e. The molecule has 1 unspecified atom stereocenters. The molecule has 238 valence electrons. The molecule has 0 amide bonds. The second kappa shape index (κ2) is 11.8. The number of halogens is 1. The molecular weight excluding hydrogens is 651 g/mol. The number of fused-ring (bicyclic) bond motifs is 2. The van der Waals surface area contributed by atoms with E-state index in [2.05, 4.69) is 36.7 Å². The van der Waals surface area contributed by atoms with Crippen molar-refractivity contribution >= 4 is 60.3 Å². The van der Waals surface area contributed by atoms with Crippen LogP contribution in [0.4, 0.5) is 16.2 Å². The number of phosphoric acid groups is 1. The normalized spacial score (nSPS) is 25.7. The second-order valence-corrected chi connectivity index (χ2v) is 14.1. The maximum Gasteiger partial charge on any atom is 0.472 e. The smallest absolute Gasteiger partial charge is 0.383 e. The molecule has 0 saturated carbocycles. The van der Waals surface area contributed by atoms with E-state index >= 15 is 0 Å². The Morgan fingerprint density at radius 2 is 1.86 bits per heavy atom. The average molecular weight is 678 g/mol. The topological polar surface area (TPSA) is 270 Å². The van der Waals surface area contributed by atoms with Crippen LogP contribution in [0.5, 0.6) is 0 Å². The third-order valence-electron chi connectivity index (χ3n) is 6.98. The molecule has 19 nitrogen and oxygen atoms in total. The molecule has 2 aliphatic heterocycles. The molecule has 6 heterocycles. The highest BCUT2D eigenvalue weighted by atomic mass is 32.5. The van der Waals surface area contributed by atoms with Crippen LogP contribution in [0.25, 0.3) is 22.2 Å². The Bertz CT molecular complexity index is 1870. The molecule has 0 radical (unpaired) electrons. The van der Waals surface area contributed by atoms with Gasteiger partial charge in [-0.15, -0.1) is 0 Å². The fraction of sp³-hybridized carbons (Fsp3) is 0.476. The molecule has 2 saturated heterocycles. The molecule has 4 aromatic rings. The van der Waals surface area contributed by atoms with E-state index in [1.54, 1.807) is 0 Å². The van der Waals surface area contributed by atoms with Gasteiger partial charge in [-0.1, -0.05) is 0 Å². The van der Waals surface area contributed by atoms with Gasteiger partial charge in [0.25, 0.3) is 5.56 Å². The number of H-pyrrole nitrogens is 1. The maximum absolute atomic E-state index is 14.5. The Hall–Kier alpha value is -2.94. The van der Waals surface area contributed by atoms with Gasteiger partial charge in [0.1, 0.15) is 24.5 Å². The van der Waals surface area contributed by atoms with E-state index in [1.807, 2.05) is 0 Å². The van der Waals surface area contributed by atoms with Crippen molar-refractivity contribution in [2.45, 2.75) is 50.0 Å². The van der Waals surface area contributed by atoms with E-state index < -0.39 is 56.7 Å². The number of imidazole rings is 1. The van der Waals surface area contributed by atoms with E-state index in [-0.39, 0.29) is 53.6 Å². The summed E-state index contributed by atoms with van der Waals surface area (Å²) in [5.41, 5.74) is 11.0. The van der Waals surface area contributed by atoms with Crippen LogP contribution in [-0.2, 0) is 39.4 Å². The molecule has 6 atom stereocenters. The summed E-state index contributed by atoms with van der Waals surface area (Å²) in [6.07, 6.45) is -0.247. The predicted molar refractivity (Wildman–Crippen MR) is 151 cm³/mol. The molecule has 6 rings (SSSR count). The van der Waals surface area contributed by atoms with Crippen LogP contribution in [-0.4, -0.2) is 80.3 Å². The number of ether oxygens (including phenoxy) is 2. The number of nitrogens with one attached hydrogen (secondary N) is 1. The van der Waals surface area contributed by atoms with Crippen molar-refractivity contribution in [2.75, 3.05) is 24.7 Å². The number of nitrogen functional groups attached to an aromatic ring is 2. The van der Waals surface area contributed by atoms with Crippen molar-refractivity contribution in [2.24, 2.45) is 0 Å². The molecular formula is C21H26FN9O10P2S. The lowest BCUT2D eigenvalue weighted by Gasteiger charge is -2.23. The standard InChI is InChI=1S/C21H26FN9O10P2S/c22-11-4-30(17-14(11)16(23)25-7-26-17)13-2-1-9(39-13)5-37-42(33,34)41-12-3-10(6-38-43(35,36)44)40-20(12)31-8-27-15-18(31)28-21(24)29-19(15)32/h4,7-10,12-13,20H,1-3,5-6H2,(H,33,34)(H2,23,25,26)(H2,35,36,44)(H3,24,28,29,32)/t9-,10-,12+,13+,20+/m0/s1. The summed E-state index contributed by atoms with van der Waals surface area (Å²) in [6.45, 7) is -4.78. The Kier molecular flexibility index (Phi) is 8.31. The van der Waals surface area contributed by atoms with Crippen molar-refractivity contribution < 1.29 is 46.7 Å². The van der Waals surface area contributed by atoms with Gasteiger partial charge in [-0.05, 0) is 24.6 Å². The summed E-state index contributed by atoms with van der Waals surface area (Å²) in [7, 11) is -4.79. The lowest BCUT2D eigenvalue weighted by molar-refractivity contribution is -0.0521. The molecule has 4 aromatic heterocycles. The van der Waals surface area contributed by atoms with Gasteiger partial charge in [0.2, 0.25) is 5.95 Å². The van der Waals surface area contributed by atoms with Gasteiger partial charge >= 0.3 is 14.5 Å². The van der Waals surface area contributed by atoms with Crippen LogP contribution in [0.1, 0.15) is 31.7 Å². The van der Waals surface area contributed by atoms with Gasteiger partial charge in [0.15, 0.2) is 28.9 Å². The van der Waals surface area contributed by atoms with E-state index in [0.717, 1.165) is 0 Å². The first-order chi connectivity index (χ1) is 20.8. The summed E-state index contributed by atoms with van der Waals surface area (Å²) in [4.78, 5) is 60.1. The molecule has 0 aliphatic carbocycles. The average Bonchev–Trinajstić information content (AvgIpc) is 3.71. The fourth-order valence-electron chi connectivity index (χ4n) is 5.15. The van der Waals surface area contributed by atoms with Gasteiger partial charge in [-0.3, -0.25) is 23.4 Å². The van der Waals surface area contributed by atoms with Gasteiger partial charge in [0, 0.05) is 12.6 Å². The highest BCUT2D eigenvalue weighted by Crippen LogP contribution is 2.50. The van der Waals surface area contributed by atoms with Crippen LogP contribution in [0.2, 0.25) is 0 Å². The number of anilines is 2. The largest absolute Gasteiger partial charge is 0.472 e. The van der Waals surface area contributed by atoms with Crippen LogP contribution in [0, 0.1) is 5.82 Å². The molecule has 2 aliphatic rings. The zero-order chi connectivity index (χ0) is 31.4. The molecule has 2 fully saturated rings. The zero-order valence-corrected chi connectivity index (χ0v) is 25.0. The lowest BCUT2D eigenvalue weighted by Crippen LogP contribution is -2.24. The van der Waals surface area contributed by atoms with Gasteiger partial charge in [-0.2, -0.15) is 4.98 Å². The SMILES string of the molecule is Nc1nc2c(ncn2[C@@H]2O[C@H](COP(O)(O)=S)C[C@H]2OP(=O)(O)OC[C@@H]2CC[C@H](n3cc(F)c4c(N)ncnc43)O2)c(=O)[nH]1. The molecule has 0 aromatic carbocycles. The van der Waals surface area contributed by atoms with Crippen molar-refractivity contribution in [1.29, 1.82) is 0 Å². The van der Waals surface area contributed by atoms with Crippen molar-refractivity contribution in [3.63, 3.8) is 0 Å². The second-order valence-electron chi connectivity index (χ2n) is 9.99. The van der Waals surface area contributed by atoms with Crippen LogP contribution in [0.3, 0.4) is 0 Å².